The van der Waals surface area contributed by atoms with Gasteiger partial charge in [0.25, 0.3) is 0 Å². The molecule has 2 heteroatoms. The fourth-order valence-electron chi connectivity index (χ4n) is 8.82. The summed E-state index contributed by atoms with van der Waals surface area (Å²) < 4.78 is 9.10. The predicted molar refractivity (Wildman–Crippen MR) is 235 cm³/mol. The Labute approximate surface area is 325 Å². The molecule has 11 aromatic rings. The molecule has 0 saturated heterocycles. The van der Waals surface area contributed by atoms with Crippen molar-refractivity contribution in [3.8, 4) is 61.3 Å². The van der Waals surface area contributed by atoms with Crippen molar-refractivity contribution in [1.82, 2.24) is 4.57 Å². The summed E-state index contributed by atoms with van der Waals surface area (Å²) in [5, 5.41) is 4.67. The predicted octanol–water partition coefficient (Wildman–Crippen LogP) is 15.0. The van der Waals surface area contributed by atoms with Gasteiger partial charge in [-0.25, -0.2) is 0 Å². The lowest BCUT2D eigenvalue weighted by atomic mass is 9.80. The summed E-state index contributed by atoms with van der Waals surface area (Å²) in [7, 11) is 0. The Morgan fingerprint density at radius 2 is 0.839 bits per heavy atom. The number of hydrogen-bond acceptors (Lipinski definition) is 1. The standard InChI is InChI=1S/C54H35NO/c1-6-19-36(20-7-1)48-49(37-21-8-2-9-22-37)51(39-25-12-4-13-26-39)53-52(50(48)38-23-10-3-11-24-38)45-34-33-40(35-46(45)55(53)41-27-14-5-15-28-41)42-30-18-31-44-43-29-16-17-32-47(43)56-54(42)44/h1-35H. The van der Waals surface area contributed by atoms with E-state index in [1.165, 1.54) is 60.8 Å². The minimum atomic E-state index is 0.899. The Hall–Kier alpha value is -7.42. The third kappa shape index (κ3) is 5.04. The smallest absolute Gasteiger partial charge is 0.143 e. The van der Waals surface area contributed by atoms with Gasteiger partial charge in [-0.15, -0.1) is 0 Å². The highest BCUT2D eigenvalue weighted by molar-refractivity contribution is 6.27. The molecule has 0 aliphatic heterocycles. The lowest BCUT2D eigenvalue weighted by Gasteiger charge is -2.24. The fourth-order valence-corrected chi connectivity index (χ4v) is 8.82. The van der Waals surface area contributed by atoms with Gasteiger partial charge in [0.05, 0.1) is 11.0 Å². The third-order valence-corrected chi connectivity index (χ3v) is 11.2. The van der Waals surface area contributed by atoms with Crippen LogP contribution in [0.5, 0.6) is 0 Å². The lowest BCUT2D eigenvalue weighted by Crippen LogP contribution is -2.00. The highest BCUT2D eigenvalue weighted by Gasteiger charge is 2.29. The summed E-state index contributed by atoms with van der Waals surface area (Å²) in [6.45, 7) is 0. The van der Waals surface area contributed by atoms with E-state index in [1.807, 2.05) is 6.07 Å². The van der Waals surface area contributed by atoms with E-state index in [0.717, 1.165) is 44.3 Å². The summed E-state index contributed by atoms with van der Waals surface area (Å²) in [4.78, 5) is 0. The first-order chi connectivity index (χ1) is 27.8. The molecule has 0 spiro atoms. The number of para-hydroxylation sites is 3. The van der Waals surface area contributed by atoms with E-state index in [0.29, 0.717) is 0 Å². The minimum Gasteiger partial charge on any atom is -0.455 e. The van der Waals surface area contributed by atoms with Gasteiger partial charge in [-0.3, -0.25) is 0 Å². The van der Waals surface area contributed by atoms with Crippen molar-refractivity contribution in [2.75, 3.05) is 0 Å². The van der Waals surface area contributed by atoms with Gasteiger partial charge < -0.3 is 8.98 Å². The number of aromatic nitrogens is 1. The van der Waals surface area contributed by atoms with E-state index in [-0.39, 0.29) is 0 Å². The van der Waals surface area contributed by atoms with Crippen molar-refractivity contribution in [3.05, 3.63) is 212 Å². The molecular weight excluding hydrogens is 679 g/mol. The van der Waals surface area contributed by atoms with Gasteiger partial charge in [0.1, 0.15) is 11.2 Å². The van der Waals surface area contributed by atoms with E-state index in [9.17, 15) is 0 Å². The van der Waals surface area contributed by atoms with Crippen molar-refractivity contribution in [2.45, 2.75) is 0 Å². The summed E-state index contributed by atoms with van der Waals surface area (Å²) in [6, 6.07) is 76.4. The molecule has 9 aromatic carbocycles. The number of furan rings is 1. The Kier molecular flexibility index (Phi) is 7.53. The zero-order valence-electron chi connectivity index (χ0n) is 30.6. The van der Waals surface area contributed by atoms with Gasteiger partial charge >= 0.3 is 0 Å². The molecule has 0 radical (unpaired) electrons. The minimum absolute atomic E-state index is 0.899. The van der Waals surface area contributed by atoms with Crippen molar-refractivity contribution in [3.63, 3.8) is 0 Å². The molecule has 0 aliphatic rings. The van der Waals surface area contributed by atoms with Crippen molar-refractivity contribution in [1.29, 1.82) is 0 Å². The second kappa shape index (κ2) is 13.2. The van der Waals surface area contributed by atoms with Crippen LogP contribution >= 0.6 is 0 Å². The quantitative estimate of drug-likeness (QED) is 0.168. The van der Waals surface area contributed by atoms with Crippen LogP contribution in [-0.4, -0.2) is 4.57 Å². The van der Waals surface area contributed by atoms with Crippen LogP contribution < -0.4 is 0 Å². The zero-order valence-corrected chi connectivity index (χ0v) is 30.6. The van der Waals surface area contributed by atoms with E-state index in [1.54, 1.807) is 0 Å². The summed E-state index contributed by atoms with van der Waals surface area (Å²) in [6.07, 6.45) is 0. The van der Waals surface area contributed by atoms with Crippen molar-refractivity contribution >= 4 is 43.7 Å². The molecule has 56 heavy (non-hydrogen) atoms. The first-order valence-electron chi connectivity index (χ1n) is 19.2. The second-order valence-corrected chi connectivity index (χ2v) is 14.4. The Balaban J connectivity index is 1.39. The number of nitrogens with zero attached hydrogens (tertiary/aromatic N) is 1. The molecule has 2 heterocycles. The largest absolute Gasteiger partial charge is 0.455 e. The van der Waals surface area contributed by atoms with E-state index < -0.39 is 0 Å². The number of rotatable bonds is 6. The van der Waals surface area contributed by atoms with Crippen LogP contribution in [-0.2, 0) is 0 Å². The molecule has 0 saturated carbocycles. The molecule has 2 aromatic heterocycles. The molecule has 0 aliphatic carbocycles. The Morgan fingerprint density at radius 3 is 1.46 bits per heavy atom. The normalized spacial score (nSPS) is 11.6. The Morgan fingerprint density at radius 1 is 0.339 bits per heavy atom. The molecule has 0 atom stereocenters. The van der Waals surface area contributed by atoms with Crippen LogP contribution in [0.2, 0.25) is 0 Å². The van der Waals surface area contributed by atoms with Crippen LogP contribution in [0.3, 0.4) is 0 Å². The average molecular weight is 714 g/mol. The summed E-state index contributed by atoms with van der Waals surface area (Å²) in [5.74, 6) is 0. The van der Waals surface area contributed by atoms with E-state index in [2.05, 4.69) is 211 Å². The number of fused-ring (bicyclic) bond motifs is 6. The Bertz CT molecular complexity index is 3200. The third-order valence-electron chi connectivity index (χ3n) is 11.2. The molecule has 11 rings (SSSR count). The van der Waals surface area contributed by atoms with Crippen LogP contribution in [0.25, 0.3) is 105 Å². The maximum Gasteiger partial charge on any atom is 0.143 e. The maximum absolute atomic E-state index is 6.60. The molecular formula is C54H35NO. The summed E-state index contributed by atoms with van der Waals surface area (Å²) in [5.41, 5.74) is 16.9. The second-order valence-electron chi connectivity index (χ2n) is 14.4. The molecule has 0 N–H and O–H groups in total. The maximum atomic E-state index is 6.60. The molecule has 2 nitrogen and oxygen atoms in total. The SMILES string of the molecule is c1ccc(-c2c(-c3ccccc3)c(-c3ccccc3)c3c(c2-c2ccccc2)c2ccc(-c4cccc5c4oc4ccccc45)cc2n3-c2ccccc2)cc1. The monoisotopic (exact) mass is 713 g/mol. The van der Waals surface area contributed by atoms with Gasteiger partial charge in [-0.2, -0.15) is 0 Å². The first-order valence-corrected chi connectivity index (χ1v) is 19.2. The van der Waals surface area contributed by atoms with E-state index >= 15 is 0 Å². The number of hydrogen-bond donors (Lipinski definition) is 0. The molecule has 0 unspecified atom stereocenters. The molecule has 0 amide bonds. The van der Waals surface area contributed by atoms with Crippen LogP contribution in [0.15, 0.2) is 217 Å². The average Bonchev–Trinajstić information content (AvgIpc) is 3.83. The zero-order chi connectivity index (χ0) is 37.0. The number of benzene rings is 9. The van der Waals surface area contributed by atoms with Crippen LogP contribution in [0.4, 0.5) is 0 Å². The lowest BCUT2D eigenvalue weighted by molar-refractivity contribution is 0.670. The summed E-state index contributed by atoms with van der Waals surface area (Å²) >= 11 is 0. The van der Waals surface area contributed by atoms with Gasteiger partial charge in [0.2, 0.25) is 0 Å². The van der Waals surface area contributed by atoms with Gasteiger partial charge in [-0.05, 0) is 57.6 Å². The van der Waals surface area contributed by atoms with Crippen molar-refractivity contribution in [2.24, 2.45) is 0 Å². The molecule has 0 fully saturated rings. The first kappa shape index (κ1) is 32.0. The van der Waals surface area contributed by atoms with E-state index in [4.69, 9.17) is 4.42 Å². The molecule has 262 valence electrons. The fraction of sp³-hybridized carbons (Fsp3) is 0. The highest BCUT2D eigenvalue weighted by Crippen LogP contribution is 2.54. The van der Waals surface area contributed by atoms with Crippen LogP contribution in [0.1, 0.15) is 0 Å². The topological polar surface area (TPSA) is 18.1 Å². The van der Waals surface area contributed by atoms with Gasteiger partial charge in [0.15, 0.2) is 0 Å². The van der Waals surface area contributed by atoms with Gasteiger partial charge in [-0.1, -0.05) is 188 Å². The van der Waals surface area contributed by atoms with Gasteiger partial charge in [0, 0.05) is 49.5 Å². The van der Waals surface area contributed by atoms with Crippen LogP contribution in [0, 0.1) is 0 Å². The van der Waals surface area contributed by atoms with Crippen molar-refractivity contribution < 1.29 is 4.42 Å². The highest BCUT2D eigenvalue weighted by atomic mass is 16.3. The molecule has 0 bridgehead atoms.